The van der Waals surface area contributed by atoms with E-state index in [-0.39, 0.29) is 0 Å². The predicted molar refractivity (Wildman–Crippen MR) is 291 cm³/mol. The standard InChI is InChI=1S/C66H36N4/c1-5-17-41-37(13-1)29-67-33-53(41)57-45-21-9-10-22-46(45)58(54-34-68-30-38-14-2-6-18-42(38)54)64-50-27-28-52-62-51(26-25-49(61(50)62)63(57)64)65-59(55-35-69-31-39-15-3-7-19-43(39)55)47-23-11-12-24-48(47)60(66(52)65)56-36-70-32-40-16-4-8-20-44(40)56/h1-36H. The van der Waals surface area contributed by atoms with Crippen LogP contribution < -0.4 is 0 Å². The first-order valence-corrected chi connectivity index (χ1v) is 23.9. The fraction of sp³-hybridized carbons (Fsp3) is 0. The number of nitrogens with zero attached hydrogens (tertiary/aromatic N) is 4. The average molecular weight is 885 g/mol. The molecule has 0 N–H and O–H groups in total. The number of hydrogen-bond acceptors (Lipinski definition) is 4. The van der Waals surface area contributed by atoms with E-state index in [1.54, 1.807) is 0 Å². The number of pyridine rings is 4. The zero-order valence-corrected chi connectivity index (χ0v) is 37.6. The van der Waals surface area contributed by atoms with E-state index in [0.717, 1.165) is 43.8 Å². The molecule has 2 aliphatic rings. The van der Waals surface area contributed by atoms with Gasteiger partial charge in [-0.2, -0.15) is 0 Å². The van der Waals surface area contributed by atoms with Crippen molar-refractivity contribution in [1.29, 1.82) is 0 Å². The molecule has 320 valence electrons. The van der Waals surface area contributed by atoms with Gasteiger partial charge in [-0.15, -0.1) is 0 Å². The van der Waals surface area contributed by atoms with Crippen LogP contribution in [0.4, 0.5) is 0 Å². The van der Waals surface area contributed by atoms with Crippen LogP contribution in [0.25, 0.3) is 164 Å². The molecule has 4 heteroatoms. The van der Waals surface area contributed by atoms with Crippen LogP contribution in [0.15, 0.2) is 219 Å². The second-order valence-corrected chi connectivity index (χ2v) is 18.8. The number of fused-ring (bicyclic) bond motifs is 12. The van der Waals surface area contributed by atoms with Gasteiger partial charge in [0.05, 0.1) is 0 Å². The smallest absolute Gasteiger partial charge is 0.0353 e. The summed E-state index contributed by atoms with van der Waals surface area (Å²) in [6.07, 6.45) is 16.3. The van der Waals surface area contributed by atoms with Crippen molar-refractivity contribution in [2.45, 2.75) is 0 Å². The predicted octanol–water partition coefficient (Wildman–Crippen LogP) is 17.3. The Kier molecular flexibility index (Phi) is 7.58. The molecule has 4 nitrogen and oxygen atoms in total. The van der Waals surface area contributed by atoms with Gasteiger partial charge in [0.1, 0.15) is 0 Å². The van der Waals surface area contributed by atoms with E-state index in [1.807, 2.05) is 24.8 Å². The van der Waals surface area contributed by atoms with E-state index in [2.05, 4.69) is 195 Å². The minimum atomic E-state index is 1.12. The quantitative estimate of drug-likeness (QED) is 0.177. The molecule has 0 aliphatic heterocycles. The highest BCUT2D eigenvalue weighted by molar-refractivity contribution is 6.37. The summed E-state index contributed by atoms with van der Waals surface area (Å²) in [6, 6.07) is 62.4. The largest absolute Gasteiger partial charge is 0.263 e. The van der Waals surface area contributed by atoms with E-state index in [4.69, 9.17) is 19.9 Å². The van der Waals surface area contributed by atoms with Gasteiger partial charge in [-0.05, 0) is 98.4 Å². The van der Waals surface area contributed by atoms with Gasteiger partial charge in [0.15, 0.2) is 0 Å². The molecule has 14 aromatic rings. The van der Waals surface area contributed by atoms with Crippen molar-refractivity contribution >= 4 is 75.4 Å². The molecule has 0 spiro atoms. The van der Waals surface area contributed by atoms with Crippen LogP contribution in [-0.4, -0.2) is 19.9 Å². The first-order chi connectivity index (χ1) is 34.8. The van der Waals surface area contributed by atoms with Crippen molar-refractivity contribution in [1.82, 2.24) is 19.9 Å². The van der Waals surface area contributed by atoms with Gasteiger partial charge < -0.3 is 0 Å². The van der Waals surface area contributed by atoms with Crippen LogP contribution in [-0.2, 0) is 0 Å². The van der Waals surface area contributed by atoms with Gasteiger partial charge in [0.2, 0.25) is 0 Å². The Labute approximate surface area is 401 Å². The van der Waals surface area contributed by atoms with E-state index in [9.17, 15) is 0 Å². The summed E-state index contributed by atoms with van der Waals surface area (Å²) in [5, 5.41) is 16.5. The molecule has 0 atom stereocenters. The Hall–Kier alpha value is -9.38. The Morgan fingerprint density at radius 1 is 0.171 bits per heavy atom. The van der Waals surface area contributed by atoms with E-state index < -0.39 is 0 Å². The lowest BCUT2D eigenvalue weighted by Crippen LogP contribution is -1.96. The summed E-state index contributed by atoms with van der Waals surface area (Å²) >= 11 is 0. The molecule has 0 saturated carbocycles. The fourth-order valence-electron chi connectivity index (χ4n) is 12.7. The van der Waals surface area contributed by atoms with Gasteiger partial charge in [-0.25, -0.2) is 0 Å². The van der Waals surface area contributed by atoms with Crippen LogP contribution in [0.5, 0.6) is 0 Å². The normalized spacial score (nSPS) is 12.3. The zero-order valence-electron chi connectivity index (χ0n) is 37.6. The molecule has 10 aromatic carbocycles. The molecule has 4 aromatic heterocycles. The maximum absolute atomic E-state index is 4.93. The van der Waals surface area contributed by atoms with Gasteiger partial charge in [-0.1, -0.05) is 170 Å². The number of benzene rings is 10. The summed E-state index contributed by atoms with van der Waals surface area (Å²) in [7, 11) is 0. The number of aromatic nitrogens is 4. The van der Waals surface area contributed by atoms with Crippen molar-refractivity contribution in [2.24, 2.45) is 0 Å². The van der Waals surface area contributed by atoms with Crippen LogP contribution in [0, 0.1) is 0 Å². The number of rotatable bonds is 4. The summed E-state index contributed by atoms with van der Waals surface area (Å²) < 4.78 is 0. The topological polar surface area (TPSA) is 51.6 Å². The van der Waals surface area contributed by atoms with Crippen molar-refractivity contribution < 1.29 is 0 Å². The lowest BCUT2D eigenvalue weighted by atomic mass is 9.80. The highest BCUT2D eigenvalue weighted by atomic mass is 14.6. The summed E-state index contributed by atoms with van der Waals surface area (Å²) in [5.41, 5.74) is 19.1. The molecule has 0 fully saturated rings. The second-order valence-electron chi connectivity index (χ2n) is 18.8. The van der Waals surface area contributed by atoms with Crippen LogP contribution in [0.2, 0.25) is 0 Å². The Morgan fingerprint density at radius 3 is 0.629 bits per heavy atom. The van der Waals surface area contributed by atoms with Gasteiger partial charge in [0.25, 0.3) is 0 Å². The van der Waals surface area contributed by atoms with Crippen LogP contribution in [0.1, 0.15) is 0 Å². The molecule has 0 bridgehead atoms. The molecule has 0 amide bonds. The molecule has 0 saturated heterocycles. The highest BCUT2D eigenvalue weighted by Crippen LogP contribution is 2.65. The monoisotopic (exact) mass is 884 g/mol. The van der Waals surface area contributed by atoms with Crippen molar-refractivity contribution in [3.05, 3.63) is 219 Å². The molecule has 0 radical (unpaired) electrons. The molecule has 2 aliphatic carbocycles. The average Bonchev–Trinajstić information content (AvgIpc) is 3.93. The van der Waals surface area contributed by atoms with Crippen LogP contribution >= 0.6 is 0 Å². The van der Waals surface area contributed by atoms with Crippen molar-refractivity contribution in [2.75, 3.05) is 0 Å². The minimum absolute atomic E-state index is 1.12. The summed E-state index contributed by atoms with van der Waals surface area (Å²) in [4.78, 5) is 19.7. The van der Waals surface area contributed by atoms with E-state index >= 15 is 0 Å². The Morgan fingerprint density at radius 2 is 0.386 bits per heavy atom. The lowest BCUT2D eigenvalue weighted by molar-refractivity contribution is 1.36. The third-order valence-electron chi connectivity index (χ3n) is 15.4. The first-order valence-electron chi connectivity index (χ1n) is 23.9. The van der Waals surface area contributed by atoms with Crippen molar-refractivity contribution in [3.8, 4) is 89.0 Å². The van der Waals surface area contributed by atoms with Gasteiger partial charge in [-0.3, -0.25) is 19.9 Å². The van der Waals surface area contributed by atoms with Crippen LogP contribution in [0.3, 0.4) is 0 Å². The third-order valence-corrected chi connectivity index (χ3v) is 15.4. The molecular weight excluding hydrogens is 849 g/mol. The van der Waals surface area contributed by atoms with Gasteiger partial charge >= 0.3 is 0 Å². The summed E-state index contributed by atoms with van der Waals surface area (Å²) in [5.74, 6) is 0. The summed E-state index contributed by atoms with van der Waals surface area (Å²) in [6.45, 7) is 0. The highest BCUT2D eigenvalue weighted by Gasteiger charge is 2.38. The SMILES string of the molecule is c1ccc2c(-c3c4c(c(-c5cncc6ccccc56)c5ccccc35)-c3ccc5c6c(ccc-4c36)-c3c-5c(-c4cncc5ccccc45)c4ccccc4c3-c3cncc4ccccc34)cncc2c1. The maximum atomic E-state index is 4.93. The molecular formula is C66H36N4. The molecule has 16 rings (SSSR count). The molecule has 4 heterocycles. The number of hydrogen-bond donors (Lipinski definition) is 0. The maximum Gasteiger partial charge on any atom is 0.0353 e. The molecule has 0 unspecified atom stereocenters. The van der Waals surface area contributed by atoms with Crippen molar-refractivity contribution in [3.63, 3.8) is 0 Å². The zero-order chi connectivity index (χ0) is 45.6. The molecule has 70 heavy (non-hydrogen) atoms. The van der Waals surface area contributed by atoms with E-state index in [1.165, 1.54) is 121 Å². The third kappa shape index (κ3) is 4.93. The Bertz CT molecular complexity index is 4060. The lowest BCUT2D eigenvalue weighted by Gasteiger charge is -2.22. The second kappa shape index (κ2) is 14.1. The Balaban J connectivity index is 1.11. The minimum Gasteiger partial charge on any atom is -0.263 e. The van der Waals surface area contributed by atoms with E-state index in [0.29, 0.717) is 0 Å². The van der Waals surface area contributed by atoms with Gasteiger partial charge in [0, 0.05) is 116 Å². The first kappa shape index (κ1) is 37.7. The fourth-order valence-corrected chi connectivity index (χ4v) is 12.7.